The fourth-order valence-electron chi connectivity index (χ4n) is 2.36. The van der Waals surface area contributed by atoms with Crippen LogP contribution < -0.4 is 5.32 Å². The second-order valence-corrected chi connectivity index (χ2v) is 4.38. The van der Waals surface area contributed by atoms with Crippen LogP contribution in [-0.2, 0) is 0 Å². The molecule has 1 unspecified atom stereocenters. The molecule has 2 aromatic rings. The molecule has 1 saturated heterocycles. The molecule has 88 valence electrons. The zero-order valence-corrected chi connectivity index (χ0v) is 9.50. The SMILES string of the molecule is Oc1cccc(-c2cncn2C2CCNC2)c1. The molecule has 2 heterocycles. The zero-order chi connectivity index (χ0) is 11.7. The summed E-state index contributed by atoms with van der Waals surface area (Å²) in [6.07, 6.45) is 4.85. The Morgan fingerprint density at radius 1 is 1.41 bits per heavy atom. The van der Waals surface area contributed by atoms with E-state index >= 15 is 0 Å². The minimum Gasteiger partial charge on any atom is -0.508 e. The highest BCUT2D eigenvalue weighted by molar-refractivity contribution is 5.61. The molecule has 1 fully saturated rings. The molecule has 1 aromatic carbocycles. The summed E-state index contributed by atoms with van der Waals surface area (Å²) in [5.74, 6) is 0.291. The molecule has 1 aliphatic heterocycles. The van der Waals surface area contributed by atoms with Gasteiger partial charge in [-0.1, -0.05) is 12.1 Å². The molecular formula is C13H15N3O. The second-order valence-electron chi connectivity index (χ2n) is 4.38. The number of phenolic OH excluding ortho intramolecular Hbond substituents is 1. The highest BCUT2D eigenvalue weighted by Crippen LogP contribution is 2.27. The second kappa shape index (κ2) is 4.22. The van der Waals surface area contributed by atoms with Crippen LogP contribution in [0.15, 0.2) is 36.8 Å². The third kappa shape index (κ3) is 1.91. The maximum absolute atomic E-state index is 9.53. The molecule has 3 rings (SSSR count). The van der Waals surface area contributed by atoms with Crippen LogP contribution >= 0.6 is 0 Å². The third-order valence-electron chi connectivity index (χ3n) is 3.24. The van der Waals surface area contributed by atoms with Gasteiger partial charge in [-0.15, -0.1) is 0 Å². The van der Waals surface area contributed by atoms with E-state index in [2.05, 4.69) is 14.9 Å². The van der Waals surface area contributed by atoms with E-state index in [1.54, 1.807) is 12.1 Å². The Balaban J connectivity index is 2.00. The molecule has 4 nitrogen and oxygen atoms in total. The first-order valence-electron chi connectivity index (χ1n) is 5.86. The highest BCUT2D eigenvalue weighted by Gasteiger charge is 2.19. The normalized spacial score (nSPS) is 19.6. The Morgan fingerprint density at radius 2 is 2.35 bits per heavy atom. The van der Waals surface area contributed by atoms with Crippen LogP contribution in [0.5, 0.6) is 5.75 Å². The van der Waals surface area contributed by atoms with Gasteiger partial charge in [0.1, 0.15) is 5.75 Å². The Hall–Kier alpha value is -1.81. The lowest BCUT2D eigenvalue weighted by atomic mass is 10.1. The van der Waals surface area contributed by atoms with Crippen molar-refractivity contribution < 1.29 is 5.11 Å². The van der Waals surface area contributed by atoms with Crippen molar-refractivity contribution in [1.29, 1.82) is 0 Å². The van der Waals surface area contributed by atoms with Gasteiger partial charge in [-0.2, -0.15) is 0 Å². The van der Waals surface area contributed by atoms with E-state index in [0.717, 1.165) is 30.8 Å². The van der Waals surface area contributed by atoms with Crippen LogP contribution in [0.3, 0.4) is 0 Å². The van der Waals surface area contributed by atoms with Crippen molar-refractivity contribution in [1.82, 2.24) is 14.9 Å². The van der Waals surface area contributed by atoms with Crippen LogP contribution in [0.2, 0.25) is 0 Å². The Morgan fingerprint density at radius 3 is 3.12 bits per heavy atom. The largest absolute Gasteiger partial charge is 0.508 e. The molecule has 0 spiro atoms. The van der Waals surface area contributed by atoms with E-state index in [1.165, 1.54) is 0 Å². The fraction of sp³-hybridized carbons (Fsp3) is 0.308. The number of nitrogens with one attached hydrogen (secondary N) is 1. The van der Waals surface area contributed by atoms with E-state index in [0.29, 0.717) is 11.8 Å². The molecule has 0 aliphatic carbocycles. The molecule has 0 bridgehead atoms. The first kappa shape index (κ1) is 10.4. The molecular weight excluding hydrogens is 214 g/mol. The first-order chi connectivity index (χ1) is 8.34. The Labute approximate surface area is 99.9 Å². The summed E-state index contributed by atoms with van der Waals surface area (Å²) in [6, 6.07) is 7.77. The fourth-order valence-corrected chi connectivity index (χ4v) is 2.36. The smallest absolute Gasteiger partial charge is 0.116 e. The summed E-state index contributed by atoms with van der Waals surface area (Å²) < 4.78 is 2.19. The van der Waals surface area contributed by atoms with Crippen LogP contribution in [0.25, 0.3) is 11.3 Å². The number of rotatable bonds is 2. The standard InChI is InChI=1S/C13H15N3O/c17-12-3-1-2-10(6-12)13-8-15-9-16(13)11-4-5-14-7-11/h1-3,6,8-9,11,14,17H,4-5,7H2. The van der Waals surface area contributed by atoms with Crippen molar-refractivity contribution in [2.75, 3.05) is 13.1 Å². The van der Waals surface area contributed by atoms with Gasteiger partial charge in [0.15, 0.2) is 0 Å². The van der Waals surface area contributed by atoms with Crippen molar-refractivity contribution in [3.05, 3.63) is 36.8 Å². The number of imidazole rings is 1. The molecule has 1 atom stereocenters. The Kier molecular flexibility index (Phi) is 2.57. The van der Waals surface area contributed by atoms with E-state index in [9.17, 15) is 5.11 Å². The van der Waals surface area contributed by atoms with Crippen molar-refractivity contribution in [2.45, 2.75) is 12.5 Å². The molecule has 0 saturated carbocycles. The number of aromatic nitrogens is 2. The summed E-state index contributed by atoms with van der Waals surface area (Å²) in [4.78, 5) is 4.23. The van der Waals surface area contributed by atoms with Gasteiger partial charge in [0.25, 0.3) is 0 Å². The molecule has 1 aromatic heterocycles. The van der Waals surface area contributed by atoms with Crippen LogP contribution in [0, 0.1) is 0 Å². The molecule has 0 amide bonds. The van der Waals surface area contributed by atoms with Crippen LogP contribution in [0.1, 0.15) is 12.5 Å². The summed E-state index contributed by atoms with van der Waals surface area (Å²) in [7, 11) is 0. The molecule has 4 heteroatoms. The van der Waals surface area contributed by atoms with Gasteiger partial charge in [-0.05, 0) is 25.1 Å². The zero-order valence-electron chi connectivity index (χ0n) is 9.50. The number of benzene rings is 1. The third-order valence-corrected chi connectivity index (χ3v) is 3.24. The lowest BCUT2D eigenvalue weighted by molar-refractivity contribution is 0.475. The van der Waals surface area contributed by atoms with Crippen molar-refractivity contribution in [3.8, 4) is 17.0 Å². The molecule has 17 heavy (non-hydrogen) atoms. The molecule has 0 radical (unpaired) electrons. The number of nitrogens with zero attached hydrogens (tertiary/aromatic N) is 2. The molecule has 2 N–H and O–H groups in total. The van der Waals surface area contributed by atoms with Crippen molar-refractivity contribution in [2.24, 2.45) is 0 Å². The van der Waals surface area contributed by atoms with Gasteiger partial charge in [0.05, 0.1) is 18.2 Å². The van der Waals surface area contributed by atoms with Crippen molar-refractivity contribution >= 4 is 0 Å². The highest BCUT2D eigenvalue weighted by atomic mass is 16.3. The summed E-state index contributed by atoms with van der Waals surface area (Å²) in [5, 5.41) is 12.9. The van der Waals surface area contributed by atoms with Crippen molar-refractivity contribution in [3.63, 3.8) is 0 Å². The predicted molar refractivity (Wildman–Crippen MR) is 65.9 cm³/mol. The lowest BCUT2D eigenvalue weighted by Gasteiger charge is -2.14. The monoisotopic (exact) mass is 229 g/mol. The quantitative estimate of drug-likeness (QED) is 0.825. The van der Waals surface area contributed by atoms with E-state index in [1.807, 2.05) is 24.7 Å². The van der Waals surface area contributed by atoms with E-state index in [-0.39, 0.29) is 0 Å². The number of hydrogen-bond donors (Lipinski definition) is 2. The van der Waals surface area contributed by atoms with Gasteiger partial charge in [-0.3, -0.25) is 0 Å². The molecule has 1 aliphatic rings. The summed E-state index contributed by atoms with van der Waals surface area (Å²) in [5.41, 5.74) is 2.07. The predicted octanol–water partition coefficient (Wildman–Crippen LogP) is 1.79. The number of hydrogen-bond acceptors (Lipinski definition) is 3. The number of phenols is 1. The average molecular weight is 229 g/mol. The maximum atomic E-state index is 9.53. The van der Waals surface area contributed by atoms with Crippen LogP contribution in [0.4, 0.5) is 0 Å². The lowest BCUT2D eigenvalue weighted by Crippen LogP contribution is -2.13. The average Bonchev–Trinajstić information content (AvgIpc) is 3.00. The van der Waals surface area contributed by atoms with Crippen LogP contribution in [-0.4, -0.2) is 27.7 Å². The first-order valence-corrected chi connectivity index (χ1v) is 5.86. The topological polar surface area (TPSA) is 50.1 Å². The minimum atomic E-state index is 0.291. The number of aromatic hydroxyl groups is 1. The summed E-state index contributed by atoms with van der Waals surface area (Å²) in [6.45, 7) is 2.05. The van der Waals surface area contributed by atoms with E-state index < -0.39 is 0 Å². The Bertz CT molecular complexity index is 515. The maximum Gasteiger partial charge on any atom is 0.116 e. The van der Waals surface area contributed by atoms with Gasteiger partial charge in [-0.25, -0.2) is 4.98 Å². The summed E-state index contributed by atoms with van der Waals surface area (Å²) >= 11 is 0. The van der Waals surface area contributed by atoms with Gasteiger partial charge in [0.2, 0.25) is 0 Å². The van der Waals surface area contributed by atoms with Gasteiger partial charge in [0, 0.05) is 18.2 Å². The van der Waals surface area contributed by atoms with E-state index in [4.69, 9.17) is 0 Å². The van der Waals surface area contributed by atoms with Gasteiger partial charge >= 0.3 is 0 Å². The minimum absolute atomic E-state index is 0.291. The van der Waals surface area contributed by atoms with Gasteiger partial charge < -0.3 is 15.0 Å².